The SMILES string of the molecule is O=C(NC1CCCCCC1CO)OCC1c2ccccc2-c2ccccc21. The number of carbonyl (C=O) groups excluding carboxylic acids is 1. The number of aliphatic hydroxyl groups excluding tert-OH is 1. The van der Waals surface area contributed by atoms with Crippen molar-refractivity contribution < 1.29 is 14.6 Å². The molecular formula is C23H27NO3. The van der Waals surface area contributed by atoms with Gasteiger partial charge in [0.2, 0.25) is 0 Å². The third-order valence-electron chi connectivity index (χ3n) is 6.04. The minimum absolute atomic E-state index is 0.00755. The van der Waals surface area contributed by atoms with Crippen molar-refractivity contribution in [3.8, 4) is 11.1 Å². The molecule has 4 heteroatoms. The fourth-order valence-corrected chi connectivity index (χ4v) is 4.58. The van der Waals surface area contributed by atoms with Crippen molar-refractivity contribution in [3.05, 3.63) is 59.7 Å². The van der Waals surface area contributed by atoms with E-state index in [-0.39, 0.29) is 30.6 Å². The number of hydrogen-bond donors (Lipinski definition) is 2. The number of rotatable bonds is 4. The molecule has 4 nitrogen and oxygen atoms in total. The molecule has 2 unspecified atom stereocenters. The zero-order valence-corrected chi connectivity index (χ0v) is 15.6. The van der Waals surface area contributed by atoms with E-state index >= 15 is 0 Å². The molecular weight excluding hydrogens is 338 g/mol. The maximum absolute atomic E-state index is 12.5. The third kappa shape index (κ3) is 3.72. The van der Waals surface area contributed by atoms with E-state index < -0.39 is 0 Å². The molecule has 1 amide bonds. The lowest BCUT2D eigenvalue weighted by Crippen LogP contribution is -2.41. The van der Waals surface area contributed by atoms with Crippen LogP contribution in [0.4, 0.5) is 4.79 Å². The first-order valence-electron chi connectivity index (χ1n) is 10.0. The summed E-state index contributed by atoms with van der Waals surface area (Å²) in [5, 5.41) is 12.6. The van der Waals surface area contributed by atoms with Crippen molar-refractivity contribution in [3.63, 3.8) is 0 Å². The molecule has 27 heavy (non-hydrogen) atoms. The summed E-state index contributed by atoms with van der Waals surface area (Å²) in [6.45, 7) is 0.449. The van der Waals surface area contributed by atoms with Gasteiger partial charge >= 0.3 is 6.09 Å². The number of aliphatic hydroxyl groups is 1. The molecule has 2 atom stereocenters. The van der Waals surface area contributed by atoms with Crippen molar-refractivity contribution in [2.24, 2.45) is 5.92 Å². The minimum Gasteiger partial charge on any atom is -0.449 e. The molecule has 1 fully saturated rings. The fourth-order valence-electron chi connectivity index (χ4n) is 4.58. The second-order valence-corrected chi connectivity index (χ2v) is 7.66. The molecule has 0 aromatic heterocycles. The van der Waals surface area contributed by atoms with Crippen LogP contribution in [0.2, 0.25) is 0 Å². The van der Waals surface area contributed by atoms with Crippen LogP contribution in [-0.2, 0) is 4.74 Å². The van der Waals surface area contributed by atoms with Crippen LogP contribution in [0.25, 0.3) is 11.1 Å². The first-order valence-corrected chi connectivity index (χ1v) is 10.0. The predicted octanol–water partition coefficient (Wildman–Crippen LogP) is 4.47. The number of fused-ring (bicyclic) bond motifs is 3. The summed E-state index contributed by atoms with van der Waals surface area (Å²) in [6, 6.07) is 16.7. The highest BCUT2D eigenvalue weighted by molar-refractivity contribution is 5.79. The molecule has 2 aliphatic carbocycles. The van der Waals surface area contributed by atoms with Gasteiger partial charge in [-0.2, -0.15) is 0 Å². The molecule has 0 aliphatic heterocycles. The Bertz CT molecular complexity index is 758. The molecule has 1 saturated carbocycles. The number of hydrogen-bond acceptors (Lipinski definition) is 3. The lowest BCUT2D eigenvalue weighted by Gasteiger charge is -2.24. The molecule has 2 aromatic carbocycles. The summed E-state index contributed by atoms with van der Waals surface area (Å²) >= 11 is 0. The van der Waals surface area contributed by atoms with Gasteiger partial charge in [0, 0.05) is 24.5 Å². The van der Waals surface area contributed by atoms with Gasteiger partial charge in [-0.25, -0.2) is 4.79 Å². The van der Waals surface area contributed by atoms with Crippen LogP contribution >= 0.6 is 0 Å². The van der Waals surface area contributed by atoms with Gasteiger partial charge in [-0.1, -0.05) is 67.8 Å². The summed E-state index contributed by atoms with van der Waals surface area (Å²) < 4.78 is 5.64. The topological polar surface area (TPSA) is 58.6 Å². The average Bonchev–Trinajstić information content (AvgIpc) is 2.84. The van der Waals surface area contributed by atoms with Gasteiger partial charge in [0.1, 0.15) is 6.61 Å². The van der Waals surface area contributed by atoms with E-state index in [1.165, 1.54) is 28.7 Å². The van der Waals surface area contributed by atoms with Crippen LogP contribution in [0.1, 0.15) is 49.1 Å². The molecule has 142 valence electrons. The highest BCUT2D eigenvalue weighted by Gasteiger charge is 2.30. The van der Waals surface area contributed by atoms with Crippen LogP contribution in [0.5, 0.6) is 0 Å². The number of alkyl carbamates (subject to hydrolysis) is 1. The number of nitrogens with one attached hydrogen (secondary N) is 1. The van der Waals surface area contributed by atoms with E-state index in [2.05, 4.69) is 29.6 Å². The van der Waals surface area contributed by atoms with Crippen molar-refractivity contribution in [1.29, 1.82) is 0 Å². The van der Waals surface area contributed by atoms with Crippen LogP contribution in [-0.4, -0.2) is 30.5 Å². The average molecular weight is 365 g/mol. The molecule has 0 radical (unpaired) electrons. The van der Waals surface area contributed by atoms with Crippen molar-refractivity contribution in [2.45, 2.75) is 44.1 Å². The molecule has 2 aromatic rings. The monoisotopic (exact) mass is 365 g/mol. The van der Waals surface area contributed by atoms with Crippen LogP contribution in [0.15, 0.2) is 48.5 Å². The van der Waals surface area contributed by atoms with Crippen LogP contribution in [0.3, 0.4) is 0 Å². The first-order chi connectivity index (χ1) is 13.3. The second-order valence-electron chi connectivity index (χ2n) is 7.66. The Kier molecular flexibility index (Phi) is 5.44. The molecule has 2 N–H and O–H groups in total. The second kappa shape index (κ2) is 8.13. The zero-order chi connectivity index (χ0) is 18.6. The zero-order valence-electron chi connectivity index (χ0n) is 15.6. The van der Waals surface area contributed by atoms with Gasteiger partial charge in [-0.3, -0.25) is 0 Å². The number of benzene rings is 2. The lowest BCUT2D eigenvalue weighted by atomic mass is 9.96. The Hall–Kier alpha value is -2.33. The Labute approximate surface area is 160 Å². The largest absolute Gasteiger partial charge is 0.449 e. The highest BCUT2D eigenvalue weighted by atomic mass is 16.5. The number of carbonyl (C=O) groups is 1. The maximum Gasteiger partial charge on any atom is 0.407 e. The van der Waals surface area contributed by atoms with Gasteiger partial charge in [0.25, 0.3) is 0 Å². The van der Waals surface area contributed by atoms with Gasteiger partial charge in [-0.15, -0.1) is 0 Å². The Morgan fingerprint density at radius 2 is 1.59 bits per heavy atom. The van der Waals surface area contributed by atoms with E-state index in [1.807, 2.05) is 24.3 Å². The summed E-state index contributed by atoms with van der Waals surface area (Å²) in [5.74, 6) is 0.207. The Morgan fingerprint density at radius 3 is 2.26 bits per heavy atom. The van der Waals surface area contributed by atoms with Crippen molar-refractivity contribution >= 4 is 6.09 Å². The van der Waals surface area contributed by atoms with Gasteiger partial charge in [-0.05, 0) is 35.1 Å². The van der Waals surface area contributed by atoms with Gasteiger partial charge in [0.15, 0.2) is 0 Å². The number of ether oxygens (including phenoxy) is 1. The summed E-state index contributed by atoms with van der Waals surface area (Å²) in [6.07, 6.45) is 4.88. The fraction of sp³-hybridized carbons (Fsp3) is 0.435. The summed E-state index contributed by atoms with van der Waals surface area (Å²) in [5.41, 5.74) is 4.89. The molecule has 0 bridgehead atoms. The molecule has 0 spiro atoms. The van der Waals surface area contributed by atoms with E-state index in [0.29, 0.717) is 6.61 Å². The number of amides is 1. The predicted molar refractivity (Wildman–Crippen MR) is 106 cm³/mol. The quantitative estimate of drug-likeness (QED) is 0.786. The molecule has 0 saturated heterocycles. The Morgan fingerprint density at radius 1 is 0.963 bits per heavy atom. The minimum atomic E-state index is -0.373. The summed E-state index contributed by atoms with van der Waals surface area (Å²) in [4.78, 5) is 12.5. The lowest BCUT2D eigenvalue weighted by molar-refractivity contribution is 0.125. The third-order valence-corrected chi connectivity index (χ3v) is 6.04. The van der Waals surface area contributed by atoms with Gasteiger partial charge in [0.05, 0.1) is 0 Å². The highest BCUT2D eigenvalue weighted by Crippen LogP contribution is 2.44. The van der Waals surface area contributed by atoms with Crippen molar-refractivity contribution in [2.75, 3.05) is 13.2 Å². The van der Waals surface area contributed by atoms with Crippen molar-refractivity contribution in [1.82, 2.24) is 5.32 Å². The van der Waals surface area contributed by atoms with Crippen LogP contribution < -0.4 is 5.32 Å². The normalized spacial score (nSPS) is 21.8. The standard InChI is InChI=1S/C23H27NO3/c25-14-16-8-2-1-3-13-22(16)24-23(26)27-15-21-19-11-6-4-9-17(19)18-10-5-7-12-20(18)21/h4-7,9-12,16,21-22,25H,1-3,8,13-15H2,(H,24,26). The van der Waals surface area contributed by atoms with E-state index in [1.54, 1.807) is 0 Å². The van der Waals surface area contributed by atoms with Crippen LogP contribution in [0, 0.1) is 5.92 Å². The van der Waals surface area contributed by atoms with E-state index in [0.717, 1.165) is 25.7 Å². The molecule has 2 aliphatic rings. The summed E-state index contributed by atoms with van der Waals surface area (Å²) in [7, 11) is 0. The Balaban J connectivity index is 1.43. The first kappa shape index (κ1) is 18.1. The smallest absolute Gasteiger partial charge is 0.407 e. The maximum atomic E-state index is 12.5. The molecule has 4 rings (SSSR count). The molecule has 0 heterocycles. The van der Waals surface area contributed by atoms with E-state index in [9.17, 15) is 9.90 Å². The van der Waals surface area contributed by atoms with E-state index in [4.69, 9.17) is 4.74 Å². The van der Waals surface area contributed by atoms with Gasteiger partial charge < -0.3 is 15.2 Å².